The summed E-state index contributed by atoms with van der Waals surface area (Å²) in [5.74, 6) is 0.736. The van der Waals surface area contributed by atoms with Gasteiger partial charge in [-0.15, -0.1) is 0 Å². The summed E-state index contributed by atoms with van der Waals surface area (Å²) in [4.78, 5) is 5.26. The van der Waals surface area contributed by atoms with Crippen molar-refractivity contribution in [3.63, 3.8) is 0 Å². The molecule has 0 bridgehead atoms. The number of benzene rings is 2. The van der Waals surface area contributed by atoms with Gasteiger partial charge in [0.25, 0.3) is 0 Å². The van der Waals surface area contributed by atoms with Gasteiger partial charge in [-0.25, -0.2) is 0 Å². The number of hydrogen-bond acceptors (Lipinski definition) is 5. The monoisotopic (exact) mass is 312 g/mol. The minimum atomic E-state index is -0.0347. The highest BCUT2D eigenvalue weighted by Gasteiger charge is 2.20. The Morgan fingerprint density at radius 1 is 1.22 bits per heavy atom. The molecule has 1 aliphatic heterocycles. The molecule has 0 saturated heterocycles. The van der Waals surface area contributed by atoms with Crippen molar-refractivity contribution in [1.29, 1.82) is 0 Å². The van der Waals surface area contributed by atoms with Crippen LogP contribution in [0, 0.1) is 0 Å². The molecule has 1 aliphatic rings. The van der Waals surface area contributed by atoms with Gasteiger partial charge in [0.15, 0.2) is 0 Å². The Balaban J connectivity index is 1.85. The van der Waals surface area contributed by atoms with E-state index >= 15 is 0 Å². The molecule has 1 atom stereocenters. The number of nitrogens with two attached hydrogens (primary N) is 1. The molecule has 5 nitrogen and oxygen atoms in total. The Hall–Kier alpha value is -2.37. The normalized spacial score (nSPS) is 16.8. The lowest BCUT2D eigenvalue weighted by Crippen LogP contribution is -2.20. The maximum atomic E-state index is 9.58. The standard InChI is InChI=1S/C18H20N2O3/c1-22-15-6-7-17(14(8-15)11-21)12-2-4-13(5-3-12)18-9-16(10-19)23-20-18/h2-8,16,21H,9-11,19H2,1H3. The predicted octanol–water partition coefficient (Wildman–Crippen LogP) is 2.31. The highest BCUT2D eigenvalue weighted by molar-refractivity contribution is 6.01. The van der Waals surface area contributed by atoms with Gasteiger partial charge in [0.1, 0.15) is 11.9 Å². The smallest absolute Gasteiger partial charge is 0.145 e. The first-order valence-corrected chi connectivity index (χ1v) is 7.56. The number of ether oxygens (including phenoxy) is 1. The van der Waals surface area contributed by atoms with Gasteiger partial charge >= 0.3 is 0 Å². The SMILES string of the molecule is COc1ccc(-c2ccc(C3=NOC(CN)C3)cc2)c(CO)c1. The number of rotatable bonds is 5. The summed E-state index contributed by atoms with van der Waals surface area (Å²) in [6.07, 6.45) is 0.715. The number of aliphatic hydroxyl groups is 1. The fraction of sp³-hybridized carbons (Fsp3) is 0.278. The van der Waals surface area contributed by atoms with Crippen LogP contribution in [-0.2, 0) is 11.4 Å². The van der Waals surface area contributed by atoms with Gasteiger partial charge in [-0.2, -0.15) is 0 Å². The summed E-state index contributed by atoms with van der Waals surface area (Å²) in [5.41, 5.74) is 10.4. The zero-order chi connectivity index (χ0) is 16.2. The fourth-order valence-corrected chi connectivity index (χ4v) is 2.68. The summed E-state index contributed by atoms with van der Waals surface area (Å²) in [5, 5.41) is 13.7. The summed E-state index contributed by atoms with van der Waals surface area (Å²) in [6.45, 7) is 0.434. The van der Waals surface area contributed by atoms with Crippen LogP contribution in [0.15, 0.2) is 47.6 Å². The van der Waals surface area contributed by atoms with E-state index in [9.17, 15) is 5.11 Å². The second-order valence-electron chi connectivity index (χ2n) is 5.46. The maximum absolute atomic E-state index is 9.58. The second-order valence-corrected chi connectivity index (χ2v) is 5.46. The summed E-state index contributed by atoms with van der Waals surface area (Å²) in [7, 11) is 1.62. The van der Waals surface area contributed by atoms with Gasteiger partial charge in [-0.05, 0) is 34.4 Å². The molecule has 0 aliphatic carbocycles. The topological polar surface area (TPSA) is 77.1 Å². The largest absolute Gasteiger partial charge is 0.497 e. The van der Waals surface area contributed by atoms with Crippen LogP contribution in [0.5, 0.6) is 5.75 Å². The van der Waals surface area contributed by atoms with Crippen LogP contribution in [0.25, 0.3) is 11.1 Å². The second kappa shape index (κ2) is 6.81. The van der Waals surface area contributed by atoms with E-state index in [0.717, 1.165) is 40.1 Å². The lowest BCUT2D eigenvalue weighted by atomic mass is 9.97. The van der Waals surface area contributed by atoms with Crippen LogP contribution in [0.1, 0.15) is 17.5 Å². The molecule has 0 amide bonds. The van der Waals surface area contributed by atoms with Crippen molar-refractivity contribution in [2.24, 2.45) is 10.9 Å². The van der Waals surface area contributed by atoms with Crippen molar-refractivity contribution in [2.45, 2.75) is 19.1 Å². The minimum absolute atomic E-state index is 0.0211. The van der Waals surface area contributed by atoms with Crippen LogP contribution >= 0.6 is 0 Å². The van der Waals surface area contributed by atoms with E-state index in [1.54, 1.807) is 7.11 Å². The van der Waals surface area contributed by atoms with Crippen molar-refractivity contribution >= 4 is 5.71 Å². The summed E-state index contributed by atoms with van der Waals surface area (Å²) >= 11 is 0. The van der Waals surface area contributed by atoms with Crippen molar-refractivity contribution in [3.8, 4) is 16.9 Å². The van der Waals surface area contributed by atoms with Crippen molar-refractivity contribution in [2.75, 3.05) is 13.7 Å². The van der Waals surface area contributed by atoms with E-state index in [4.69, 9.17) is 15.3 Å². The highest BCUT2D eigenvalue weighted by Crippen LogP contribution is 2.28. The number of nitrogens with zero attached hydrogens (tertiary/aromatic N) is 1. The lowest BCUT2D eigenvalue weighted by molar-refractivity contribution is 0.0918. The molecule has 0 spiro atoms. The number of hydrogen-bond donors (Lipinski definition) is 2. The molecule has 0 radical (unpaired) electrons. The Morgan fingerprint density at radius 3 is 2.57 bits per heavy atom. The molecule has 5 heteroatoms. The molecule has 3 N–H and O–H groups in total. The van der Waals surface area contributed by atoms with Gasteiger partial charge in [-0.1, -0.05) is 35.5 Å². The molecular formula is C18H20N2O3. The van der Waals surface area contributed by atoms with Crippen LogP contribution in [0.3, 0.4) is 0 Å². The summed E-state index contributed by atoms with van der Waals surface area (Å²) < 4.78 is 5.20. The first-order chi connectivity index (χ1) is 11.2. The van der Waals surface area contributed by atoms with Gasteiger partial charge in [0.2, 0.25) is 0 Å². The Morgan fingerprint density at radius 2 is 1.96 bits per heavy atom. The van der Waals surface area contributed by atoms with Crippen LogP contribution in [0.2, 0.25) is 0 Å². The number of methoxy groups -OCH3 is 1. The maximum Gasteiger partial charge on any atom is 0.145 e. The van der Waals surface area contributed by atoms with E-state index in [1.807, 2.05) is 42.5 Å². The van der Waals surface area contributed by atoms with Crippen LogP contribution in [0.4, 0.5) is 0 Å². The summed E-state index contributed by atoms with van der Waals surface area (Å²) in [6, 6.07) is 13.8. The molecule has 1 heterocycles. The van der Waals surface area contributed by atoms with Gasteiger partial charge in [-0.3, -0.25) is 0 Å². The van der Waals surface area contributed by atoms with Gasteiger partial charge in [0.05, 0.1) is 19.4 Å². The minimum Gasteiger partial charge on any atom is -0.497 e. The Bertz CT molecular complexity index is 711. The molecular weight excluding hydrogens is 292 g/mol. The zero-order valence-corrected chi connectivity index (χ0v) is 13.0. The van der Waals surface area contributed by atoms with Crippen molar-refractivity contribution < 1.29 is 14.7 Å². The quantitative estimate of drug-likeness (QED) is 0.888. The molecule has 0 saturated carbocycles. The van der Waals surface area contributed by atoms with Gasteiger partial charge < -0.3 is 20.4 Å². The lowest BCUT2D eigenvalue weighted by Gasteiger charge is -2.10. The van der Waals surface area contributed by atoms with E-state index in [-0.39, 0.29) is 12.7 Å². The molecule has 120 valence electrons. The van der Waals surface area contributed by atoms with E-state index in [1.165, 1.54) is 0 Å². The predicted molar refractivity (Wildman–Crippen MR) is 89.4 cm³/mol. The molecule has 0 aromatic heterocycles. The third-order valence-corrected chi connectivity index (χ3v) is 4.01. The number of oxime groups is 1. The Kier molecular flexibility index (Phi) is 4.60. The first kappa shape index (κ1) is 15.5. The average molecular weight is 312 g/mol. The van der Waals surface area contributed by atoms with Crippen molar-refractivity contribution in [3.05, 3.63) is 53.6 Å². The molecule has 3 rings (SSSR count). The molecule has 23 heavy (non-hydrogen) atoms. The van der Waals surface area contributed by atoms with E-state index in [2.05, 4.69) is 5.16 Å². The van der Waals surface area contributed by atoms with Crippen LogP contribution in [-0.4, -0.2) is 30.6 Å². The molecule has 2 aromatic rings. The third-order valence-electron chi connectivity index (χ3n) is 4.01. The molecule has 0 fully saturated rings. The molecule has 1 unspecified atom stereocenters. The Labute approximate surface area is 135 Å². The number of aliphatic hydroxyl groups excluding tert-OH is 1. The third kappa shape index (κ3) is 3.21. The van der Waals surface area contributed by atoms with Gasteiger partial charge in [0, 0.05) is 13.0 Å². The van der Waals surface area contributed by atoms with Crippen LogP contribution < -0.4 is 10.5 Å². The van der Waals surface area contributed by atoms with Crippen molar-refractivity contribution in [1.82, 2.24) is 0 Å². The average Bonchev–Trinajstić information content (AvgIpc) is 3.10. The fourth-order valence-electron chi connectivity index (χ4n) is 2.68. The van der Waals surface area contributed by atoms with E-state index in [0.29, 0.717) is 6.54 Å². The van der Waals surface area contributed by atoms with E-state index < -0.39 is 0 Å². The zero-order valence-electron chi connectivity index (χ0n) is 13.0. The highest BCUT2D eigenvalue weighted by atomic mass is 16.6. The first-order valence-electron chi connectivity index (χ1n) is 7.56. The molecule has 2 aromatic carbocycles.